The van der Waals surface area contributed by atoms with E-state index in [1.165, 1.54) is 0 Å². The molecule has 0 amide bonds. The summed E-state index contributed by atoms with van der Waals surface area (Å²) in [5.41, 5.74) is -0.583. The van der Waals surface area contributed by atoms with Gasteiger partial charge in [0.15, 0.2) is 0 Å². The lowest BCUT2D eigenvalue weighted by molar-refractivity contribution is -0.384. The molecule has 0 unspecified atom stereocenters. The summed E-state index contributed by atoms with van der Waals surface area (Å²) in [5.74, 6) is -1.21. The third kappa shape index (κ3) is 4.81. The predicted molar refractivity (Wildman–Crippen MR) is 72.1 cm³/mol. The average Bonchev–Trinajstić information content (AvgIpc) is 2.42. The minimum absolute atomic E-state index is 0.0408. The first-order chi connectivity index (χ1) is 9.56. The van der Waals surface area contributed by atoms with E-state index in [0.29, 0.717) is 19.8 Å². The summed E-state index contributed by atoms with van der Waals surface area (Å²) in [4.78, 5) is 24.7. The van der Waals surface area contributed by atoms with Crippen LogP contribution in [0, 0.1) is 10.1 Å². The molecule has 0 bridgehead atoms. The fourth-order valence-corrected chi connectivity index (χ4v) is 1.44. The van der Waals surface area contributed by atoms with E-state index in [2.05, 4.69) is 17.2 Å². The predicted octanol–water partition coefficient (Wildman–Crippen LogP) is 1.92. The van der Waals surface area contributed by atoms with Gasteiger partial charge in [-0.15, -0.1) is 0 Å². The van der Waals surface area contributed by atoms with Gasteiger partial charge < -0.3 is 15.2 Å². The lowest BCUT2D eigenvalue weighted by atomic mass is 10.2. The Hall–Kier alpha value is -2.22. The van der Waals surface area contributed by atoms with E-state index in [1.807, 2.05) is 0 Å². The van der Waals surface area contributed by atoms with Gasteiger partial charge in [0.1, 0.15) is 0 Å². The van der Waals surface area contributed by atoms with Crippen molar-refractivity contribution in [3.63, 3.8) is 0 Å². The third-order valence-corrected chi connectivity index (χ3v) is 2.49. The summed E-state index contributed by atoms with van der Waals surface area (Å²) in [6.45, 7) is 3.47. The zero-order valence-electron chi connectivity index (χ0n) is 11.2. The molecule has 1 aromatic rings. The molecule has 1 aromatic heterocycles. The Bertz CT molecular complexity index is 478. The van der Waals surface area contributed by atoms with E-state index in [1.54, 1.807) is 0 Å². The highest BCUT2D eigenvalue weighted by Gasteiger charge is 2.18. The Labute approximate surface area is 115 Å². The van der Waals surface area contributed by atoms with Crippen LogP contribution in [0.2, 0.25) is 0 Å². The molecule has 0 fully saturated rings. The number of carboxylic acids is 1. The van der Waals surface area contributed by atoms with Crippen LogP contribution in [0.25, 0.3) is 0 Å². The van der Waals surface area contributed by atoms with E-state index in [-0.39, 0.29) is 17.1 Å². The molecule has 1 heterocycles. The Kier molecular flexibility index (Phi) is 6.38. The smallest absolute Gasteiger partial charge is 0.337 e. The van der Waals surface area contributed by atoms with E-state index < -0.39 is 10.9 Å². The molecule has 0 aromatic carbocycles. The standard InChI is InChI=1S/C12H17N3O5/c1-2-3-5-20-6-4-13-11-10(15(18)19)7-9(8-14-11)12(16)17/h7-8H,2-6H2,1H3,(H,13,14)(H,16,17). The van der Waals surface area contributed by atoms with Crippen LogP contribution in [-0.4, -0.2) is 40.7 Å². The van der Waals surface area contributed by atoms with Gasteiger partial charge in [-0.1, -0.05) is 13.3 Å². The van der Waals surface area contributed by atoms with Gasteiger partial charge in [0.25, 0.3) is 0 Å². The molecule has 0 atom stereocenters. The summed E-state index contributed by atoms with van der Waals surface area (Å²) >= 11 is 0. The van der Waals surface area contributed by atoms with Crippen molar-refractivity contribution in [2.75, 3.05) is 25.1 Å². The van der Waals surface area contributed by atoms with Crippen molar-refractivity contribution in [2.24, 2.45) is 0 Å². The van der Waals surface area contributed by atoms with Crippen LogP contribution < -0.4 is 5.32 Å². The molecule has 0 aliphatic heterocycles. The summed E-state index contributed by atoms with van der Waals surface area (Å²) in [5, 5.41) is 22.4. The van der Waals surface area contributed by atoms with E-state index in [0.717, 1.165) is 25.1 Å². The second kappa shape index (κ2) is 8.05. The minimum atomic E-state index is -1.25. The number of anilines is 1. The van der Waals surface area contributed by atoms with Gasteiger partial charge in [0, 0.05) is 25.4 Å². The maximum Gasteiger partial charge on any atom is 0.337 e. The molecule has 8 heteroatoms. The lowest BCUT2D eigenvalue weighted by Gasteiger charge is -2.07. The van der Waals surface area contributed by atoms with Crippen molar-refractivity contribution in [3.8, 4) is 0 Å². The quantitative estimate of drug-likeness (QED) is 0.404. The molecule has 1 rings (SSSR count). The van der Waals surface area contributed by atoms with Crippen molar-refractivity contribution in [1.82, 2.24) is 4.98 Å². The van der Waals surface area contributed by atoms with Crippen LogP contribution in [0.5, 0.6) is 0 Å². The summed E-state index contributed by atoms with van der Waals surface area (Å²) < 4.78 is 5.30. The fraction of sp³-hybridized carbons (Fsp3) is 0.500. The normalized spacial score (nSPS) is 10.2. The third-order valence-electron chi connectivity index (χ3n) is 2.49. The van der Waals surface area contributed by atoms with Gasteiger partial charge in [-0.05, 0) is 6.42 Å². The Morgan fingerprint density at radius 1 is 1.55 bits per heavy atom. The lowest BCUT2D eigenvalue weighted by Crippen LogP contribution is -2.13. The number of ether oxygens (including phenoxy) is 1. The first-order valence-electron chi connectivity index (χ1n) is 6.25. The molecule has 110 valence electrons. The van der Waals surface area contributed by atoms with E-state index in [9.17, 15) is 14.9 Å². The van der Waals surface area contributed by atoms with Gasteiger partial charge in [0.2, 0.25) is 5.82 Å². The number of carbonyl (C=O) groups is 1. The molecular formula is C12H17N3O5. The highest BCUT2D eigenvalue weighted by Crippen LogP contribution is 2.22. The molecule has 8 nitrogen and oxygen atoms in total. The van der Waals surface area contributed by atoms with E-state index in [4.69, 9.17) is 9.84 Å². The van der Waals surface area contributed by atoms with Crippen LogP contribution >= 0.6 is 0 Å². The first kappa shape index (κ1) is 15.8. The number of nitrogens with one attached hydrogen (secondary N) is 1. The zero-order chi connectivity index (χ0) is 15.0. The maximum absolute atomic E-state index is 10.9. The number of aromatic nitrogens is 1. The highest BCUT2D eigenvalue weighted by molar-refractivity contribution is 5.88. The van der Waals surface area contributed by atoms with Crippen LogP contribution in [0.1, 0.15) is 30.1 Å². The Morgan fingerprint density at radius 3 is 2.90 bits per heavy atom. The number of carboxylic acid groups (broad SMARTS) is 1. The van der Waals surface area contributed by atoms with E-state index >= 15 is 0 Å². The number of rotatable bonds is 9. The molecule has 2 N–H and O–H groups in total. The SMILES string of the molecule is CCCCOCCNc1ncc(C(=O)O)cc1[N+](=O)[O-]. The average molecular weight is 283 g/mol. The van der Waals surface area contributed by atoms with Crippen molar-refractivity contribution in [1.29, 1.82) is 0 Å². The summed E-state index contributed by atoms with van der Waals surface area (Å²) in [7, 11) is 0. The van der Waals surface area contributed by atoms with Crippen molar-refractivity contribution in [2.45, 2.75) is 19.8 Å². The Morgan fingerprint density at radius 2 is 2.30 bits per heavy atom. The van der Waals surface area contributed by atoms with Crippen LogP contribution in [0.4, 0.5) is 11.5 Å². The highest BCUT2D eigenvalue weighted by atomic mass is 16.6. The van der Waals surface area contributed by atoms with Gasteiger partial charge in [-0.2, -0.15) is 0 Å². The monoisotopic (exact) mass is 283 g/mol. The fourth-order valence-electron chi connectivity index (χ4n) is 1.44. The molecular weight excluding hydrogens is 266 g/mol. The van der Waals surface area contributed by atoms with Gasteiger partial charge >= 0.3 is 11.7 Å². The largest absolute Gasteiger partial charge is 0.478 e. The second-order valence-corrected chi connectivity index (χ2v) is 4.05. The number of unbranched alkanes of at least 4 members (excludes halogenated alkanes) is 1. The minimum Gasteiger partial charge on any atom is -0.478 e. The maximum atomic E-state index is 10.9. The number of hydrogen-bond acceptors (Lipinski definition) is 6. The van der Waals surface area contributed by atoms with Crippen LogP contribution in [0.3, 0.4) is 0 Å². The topological polar surface area (TPSA) is 115 Å². The van der Waals surface area contributed by atoms with Crippen LogP contribution in [-0.2, 0) is 4.74 Å². The molecule has 0 spiro atoms. The van der Waals surface area contributed by atoms with Gasteiger partial charge in [-0.25, -0.2) is 9.78 Å². The first-order valence-corrected chi connectivity index (χ1v) is 6.25. The second-order valence-electron chi connectivity index (χ2n) is 4.05. The molecule has 20 heavy (non-hydrogen) atoms. The zero-order valence-corrected chi connectivity index (χ0v) is 11.2. The molecule has 0 radical (unpaired) electrons. The number of hydrogen-bond donors (Lipinski definition) is 2. The number of aromatic carboxylic acids is 1. The number of nitrogens with zero attached hydrogens (tertiary/aromatic N) is 2. The Balaban J connectivity index is 2.60. The van der Waals surface area contributed by atoms with Crippen molar-refractivity contribution < 1.29 is 19.6 Å². The van der Waals surface area contributed by atoms with Crippen LogP contribution in [0.15, 0.2) is 12.3 Å². The molecule has 0 aliphatic carbocycles. The molecule has 0 saturated heterocycles. The van der Waals surface area contributed by atoms with Crippen molar-refractivity contribution in [3.05, 3.63) is 27.9 Å². The summed E-state index contributed by atoms with van der Waals surface area (Å²) in [6, 6.07) is 0.982. The summed E-state index contributed by atoms with van der Waals surface area (Å²) in [6.07, 6.45) is 3.08. The number of nitro groups is 1. The van der Waals surface area contributed by atoms with Gasteiger partial charge in [-0.3, -0.25) is 10.1 Å². The van der Waals surface area contributed by atoms with Crippen molar-refractivity contribution >= 4 is 17.5 Å². The number of pyridine rings is 1. The molecule has 0 saturated carbocycles. The molecule has 0 aliphatic rings. The van der Waals surface area contributed by atoms with Gasteiger partial charge in [0.05, 0.1) is 17.1 Å².